The fraction of sp³-hybridized carbons (Fsp3) is 0.467. The second-order valence-electron chi connectivity index (χ2n) is 4.65. The van der Waals surface area contributed by atoms with Crippen molar-refractivity contribution in [3.63, 3.8) is 0 Å². The van der Waals surface area contributed by atoms with Crippen molar-refractivity contribution in [1.82, 2.24) is 15.0 Å². The minimum atomic E-state index is 0.480. The third-order valence-electron chi connectivity index (χ3n) is 3.45. The summed E-state index contributed by atoms with van der Waals surface area (Å²) in [5, 5.41) is 8.31. The van der Waals surface area contributed by atoms with Gasteiger partial charge < -0.3 is 4.74 Å². The van der Waals surface area contributed by atoms with Crippen LogP contribution in [0.2, 0.25) is 0 Å². The van der Waals surface area contributed by atoms with Gasteiger partial charge in [0, 0.05) is 12.7 Å². The van der Waals surface area contributed by atoms with E-state index in [-0.39, 0.29) is 0 Å². The highest BCUT2D eigenvalue weighted by atomic mass is 16.5. The predicted molar refractivity (Wildman–Crippen MR) is 75.4 cm³/mol. The van der Waals surface area contributed by atoms with Crippen LogP contribution < -0.4 is 4.74 Å². The Morgan fingerprint density at radius 3 is 2.47 bits per heavy atom. The molecule has 0 saturated carbocycles. The third kappa shape index (κ3) is 3.34. The van der Waals surface area contributed by atoms with Crippen molar-refractivity contribution >= 4 is 0 Å². The zero-order valence-electron chi connectivity index (χ0n) is 11.8. The predicted octanol–water partition coefficient (Wildman–Crippen LogP) is 3.04. The van der Waals surface area contributed by atoms with E-state index in [9.17, 15) is 0 Å². The van der Waals surface area contributed by atoms with Gasteiger partial charge in [0.15, 0.2) is 0 Å². The topological polar surface area (TPSA) is 39.9 Å². The highest BCUT2D eigenvalue weighted by molar-refractivity contribution is 5.30. The molecule has 0 aliphatic heterocycles. The molecule has 0 aliphatic rings. The normalized spacial score (nSPS) is 12.4. The van der Waals surface area contributed by atoms with E-state index in [1.807, 2.05) is 23.0 Å². The lowest BCUT2D eigenvalue weighted by molar-refractivity contribution is 0.414. The molecule has 4 nitrogen and oxygen atoms in total. The maximum absolute atomic E-state index is 5.19. The summed E-state index contributed by atoms with van der Waals surface area (Å²) in [4.78, 5) is 0. The highest BCUT2D eigenvalue weighted by Gasteiger charge is 2.12. The first kappa shape index (κ1) is 13.6. The van der Waals surface area contributed by atoms with Crippen molar-refractivity contribution in [2.45, 2.75) is 39.2 Å². The molecule has 4 heteroatoms. The van der Waals surface area contributed by atoms with Crippen LogP contribution in [0.1, 0.15) is 37.4 Å². The van der Waals surface area contributed by atoms with Gasteiger partial charge in [-0.05, 0) is 43.4 Å². The number of aryl methyl sites for hydroxylation is 1. The monoisotopic (exact) mass is 259 g/mol. The Bertz CT molecular complexity index is 504. The number of methoxy groups -OCH3 is 1. The summed E-state index contributed by atoms with van der Waals surface area (Å²) in [6.07, 6.45) is 4.06. The number of hydrogen-bond donors (Lipinski definition) is 0. The van der Waals surface area contributed by atoms with Gasteiger partial charge in [-0.2, -0.15) is 0 Å². The molecule has 0 bridgehead atoms. The van der Waals surface area contributed by atoms with Gasteiger partial charge in [-0.25, -0.2) is 0 Å². The van der Waals surface area contributed by atoms with Crippen molar-refractivity contribution < 1.29 is 4.74 Å². The van der Waals surface area contributed by atoms with Crippen LogP contribution in [0.25, 0.3) is 0 Å². The van der Waals surface area contributed by atoms with E-state index in [1.165, 1.54) is 5.56 Å². The van der Waals surface area contributed by atoms with Crippen LogP contribution >= 0.6 is 0 Å². The van der Waals surface area contributed by atoms with Crippen LogP contribution in [0.5, 0.6) is 5.75 Å². The number of nitrogens with zero attached hydrogens (tertiary/aromatic N) is 3. The van der Waals surface area contributed by atoms with E-state index in [0.717, 1.165) is 30.8 Å². The van der Waals surface area contributed by atoms with Crippen molar-refractivity contribution in [1.29, 1.82) is 0 Å². The lowest BCUT2D eigenvalue weighted by Crippen LogP contribution is -2.02. The van der Waals surface area contributed by atoms with E-state index < -0.39 is 0 Å². The summed E-state index contributed by atoms with van der Waals surface area (Å²) < 4.78 is 7.06. The summed E-state index contributed by atoms with van der Waals surface area (Å²) in [6.45, 7) is 5.14. The average molecular weight is 259 g/mol. The van der Waals surface area contributed by atoms with Crippen LogP contribution in [-0.2, 0) is 13.0 Å². The molecule has 2 rings (SSSR count). The van der Waals surface area contributed by atoms with Gasteiger partial charge in [0.25, 0.3) is 0 Å². The summed E-state index contributed by atoms with van der Waals surface area (Å²) in [5.41, 5.74) is 2.39. The Kier molecular flexibility index (Phi) is 4.55. The molecule has 0 amide bonds. The van der Waals surface area contributed by atoms with Crippen LogP contribution in [0, 0.1) is 0 Å². The Hall–Kier alpha value is -1.84. The third-order valence-corrected chi connectivity index (χ3v) is 3.45. The molecule has 0 saturated heterocycles. The molecule has 19 heavy (non-hydrogen) atoms. The van der Waals surface area contributed by atoms with E-state index in [4.69, 9.17) is 4.74 Å². The molecule has 1 atom stereocenters. The average Bonchev–Trinajstić information content (AvgIpc) is 2.92. The second-order valence-corrected chi connectivity index (χ2v) is 4.65. The number of hydrogen-bond acceptors (Lipinski definition) is 3. The SMILES string of the molecule is CCC(Cc1cn(CC)nn1)c1ccc(OC)cc1. The van der Waals surface area contributed by atoms with Crippen molar-refractivity contribution in [2.75, 3.05) is 7.11 Å². The van der Waals surface area contributed by atoms with Gasteiger partial charge in [0.2, 0.25) is 0 Å². The maximum Gasteiger partial charge on any atom is 0.118 e. The molecule has 1 heterocycles. The standard InChI is InChI=1S/C15H21N3O/c1-4-12(10-14-11-18(5-2)17-16-14)13-6-8-15(19-3)9-7-13/h6-9,11-12H,4-5,10H2,1-3H3. The highest BCUT2D eigenvalue weighted by Crippen LogP contribution is 2.25. The molecule has 1 aromatic carbocycles. The molecule has 0 N–H and O–H groups in total. The van der Waals surface area contributed by atoms with E-state index in [1.54, 1.807) is 7.11 Å². The van der Waals surface area contributed by atoms with E-state index in [2.05, 4.69) is 36.3 Å². The van der Waals surface area contributed by atoms with Gasteiger partial charge in [-0.3, -0.25) is 4.68 Å². The first-order chi connectivity index (χ1) is 9.26. The Balaban J connectivity index is 2.10. The Morgan fingerprint density at radius 1 is 1.21 bits per heavy atom. The summed E-state index contributed by atoms with van der Waals surface area (Å²) in [5.74, 6) is 1.38. The van der Waals surface area contributed by atoms with Crippen LogP contribution in [0.15, 0.2) is 30.5 Å². The molecular formula is C15H21N3O. The number of ether oxygens (including phenoxy) is 1. The molecule has 1 aromatic heterocycles. The van der Waals surface area contributed by atoms with Crippen LogP contribution in [0.3, 0.4) is 0 Å². The van der Waals surface area contributed by atoms with Gasteiger partial charge in [0.1, 0.15) is 5.75 Å². The van der Waals surface area contributed by atoms with E-state index >= 15 is 0 Å². The zero-order valence-corrected chi connectivity index (χ0v) is 11.8. The minimum Gasteiger partial charge on any atom is -0.497 e. The smallest absolute Gasteiger partial charge is 0.118 e. The maximum atomic E-state index is 5.19. The number of rotatable bonds is 6. The van der Waals surface area contributed by atoms with Crippen molar-refractivity contribution in [2.24, 2.45) is 0 Å². The summed E-state index contributed by atoms with van der Waals surface area (Å²) in [7, 11) is 1.69. The summed E-state index contributed by atoms with van der Waals surface area (Å²) >= 11 is 0. The largest absolute Gasteiger partial charge is 0.497 e. The molecule has 102 valence electrons. The van der Waals surface area contributed by atoms with Gasteiger partial charge in [-0.1, -0.05) is 24.3 Å². The minimum absolute atomic E-state index is 0.480. The Labute approximate surface area is 114 Å². The second kappa shape index (κ2) is 6.36. The fourth-order valence-electron chi connectivity index (χ4n) is 2.21. The molecule has 0 fully saturated rings. The van der Waals surface area contributed by atoms with Crippen molar-refractivity contribution in [3.05, 3.63) is 41.7 Å². The van der Waals surface area contributed by atoms with Crippen LogP contribution in [-0.4, -0.2) is 22.1 Å². The number of aromatic nitrogens is 3. The van der Waals surface area contributed by atoms with Crippen LogP contribution in [0.4, 0.5) is 0 Å². The lowest BCUT2D eigenvalue weighted by atomic mass is 9.92. The summed E-state index contributed by atoms with van der Waals surface area (Å²) in [6, 6.07) is 8.30. The Morgan fingerprint density at radius 2 is 1.95 bits per heavy atom. The molecule has 2 aromatic rings. The number of benzene rings is 1. The molecule has 1 unspecified atom stereocenters. The lowest BCUT2D eigenvalue weighted by Gasteiger charge is -2.14. The van der Waals surface area contributed by atoms with E-state index in [0.29, 0.717) is 5.92 Å². The first-order valence-electron chi connectivity index (χ1n) is 6.79. The quantitative estimate of drug-likeness (QED) is 0.800. The molecule has 0 aliphatic carbocycles. The first-order valence-corrected chi connectivity index (χ1v) is 6.79. The van der Waals surface area contributed by atoms with Crippen molar-refractivity contribution in [3.8, 4) is 5.75 Å². The van der Waals surface area contributed by atoms with Gasteiger partial charge >= 0.3 is 0 Å². The molecule has 0 radical (unpaired) electrons. The fourth-order valence-corrected chi connectivity index (χ4v) is 2.21. The molecular weight excluding hydrogens is 238 g/mol. The van der Waals surface area contributed by atoms with Gasteiger partial charge in [0.05, 0.1) is 12.8 Å². The van der Waals surface area contributed by atoms with Gasteiger partial charge in [-0.15, -0.1) is 5.10 Å². The zero-order chi connectivity index (χ0) is 13.7. The molecule has 0 spiro atoms.